The second kappa shape index (κ2) is 3.87. The highest BCUT2D eigenvalue weighted by molar-refractivity contribution is 4.66. The van der Waals surface area contributed by atoms with Crippen LogP contribution in [-0.4, -0.2) is 17.8 Å². The fourth-order valence-electron chi connectivity index (χ4n) is 0.479. The van der Waals surface area contributed by atoms with Crippen molar-refractivity contribution in [3.8, 4) is 0 Å². The largest absolute Gasteiger partial charge is 0.419 e. The molecule has 0 aliphatic rings. The summed E-state index contributed by atoms with van der Waals surface area (Å²) in [6, 6.07) is 0.0231. The molecule has 0 fully saturated rings. The number of hydrogen-bond donors (Lipinski definition) is 1. The molecule has 1 N–H and O–H groups in total. The number of nitrogens with zero attached hydrogens (tertiary/aromatic N) is 1. The summed E-state index contributed by atoms with van der Waals surface area (Å²) in [7, 11) is 3.34. The number of hydrogen-bond acceptors (Lipinski definition) is 1. The van der Waals surface area contributed by atoms with Crippen LogP contribution in [0.1, 0.15) is 13.8 Å². The van der Waals surface area contributed by atoms with Crippen molar-refractivity contribution < 1.29 is 5.11 Å². The van der Waals surface area contributed by atoms with Crippen molar-refractivity contribution in [1.29, 1.82) is 0 Å². The molecule has 0 spiro atoms. The molecule has 0 aliphatic heterocycles. The highest BCUT2D eigenvalue weighted by Gasteiger charge is 2.04. The average molecular weight is 115 g/mol. The highest BCUT2D eigenvalue weighted by atomic mass is 16.3. The van der Waals surface area contributed by atoms with Gasteiger partial charge < -0.3 is 10.4 Å². The monoisotopic (exact) mass is 115 g/mol. The lowest BCUT2D eigenvalue weighted by Crippen LogP contribution is -2.27. The Kier molecular flexibility index (Phi) is 3.83. The lowest BCUT2D eigenvalue weighted by atomic mass is 10.1. The van der Waals surface area contributed by atoms with Gasteiger partial charge in [0.05, 0.1) is 6.61 Å². The lowest BCUT2D eigenvalue weighted by Gasteiger charge is -2.19. The minimum atomic E-state index is 0.0231. The van der Waals surface area contributed by atoms with Gasteiger partial charge in [-0.3, -0.25) is 7.05 Å². The molecule has 1 radical (unpaired) electrons. The SMILES string of the molecule is [CH2-][N][C@@H](CO)C(C)C. The van der Waals surface area contributed by atoms with E-state index in [0.717, 1.165) is 0 Å². The molecule has 2 heteroatoms. The van der Waals surface area contributed by atoms with Crippen LogP contribution in [0.15, 0.2) is 0 Å². The van der Waals surface area contributed by atoms with Gasteiger partial charge in [-0.1, -0.05) is 13.8 Å². The van der Waals surface area contributed by atoms with E-state index in [2.05, 4.69) is 12.4 Å². The summed E-state index contributed by atoms with van der Waals surface area (Å²) in [5, 5.41) is 12.3. The lowest BCUT2D eigenvalue weighted by molar-refractivity contribution is 0.219. The summed E-state index contributed by atoms with van der Waals surface area (Å²) in [4.78, 5) is 0. The van der Waals surface area contributed by atoms with Crippen LogP contribution in [0.3, 0.4) is 0 Å². The second-order valence-electron chi connectivity index (χ2n) is 2.18. The summed E-state index contributed by atoms with van der Waals surface area (Å²) in [5.41, 5.74) is 0. The molecule has 0 heterocycles. The quantitative estimate of drug-likeness (QED) is 0.531. The minimum Gasteiger partial charge on any atom is -0.419 e. The van der Waals surface area contributed by atoms with Crippen molar-refractivity contribution in [3.05, 3.63) is 7.05 Å². The molecule has 0 aromatic carbocycles. The van der Waals surface area contributed by atoms with Crippen LogP contribution < -0.4 is 5.32 Å². The van der Waals surface area contributed by atoms with E-state index in [-0.39, 0.29) is 12.6 Å². The molecule has 0 amide bonds. The minimum absolute atomic E-state index is 0.0231. The molecule has 0 aliphatic carbocycles. The zero-order valence-corrected chi connectivity index (χ0v) is 5.46. The summed E-state index contributed by atoms with van der Waals surface area (Å²) in [5.74, 6) is 0.400. The molecule has 2 nitrogen and oxygen atoms in total. The van der Waals surface area contributed by atoms with E-state index in [1.54, 1.807) is 0 Å². The van der Waals surface area contributed by atoms with Gasteiger partial charge in [-0.2, -0.15) is 0 Å². The Morgan fingerprint density at radius 3 is 2.12 bits per heavy atom. The van der Waals surface area contributed by atoms with Crippen LogP contribution in [0.4, 0.5) is 0 Å². The molecule has 49 valence electrons. The Hall–Kier alpha value is -0.0800. The zero-order chi connectivity index (χ0) is 6.57. The molecule has 0 bridgehead atoms. The highest BCUT2D eigenvalue weighted by Crippen LogP contribution is 1.99. The molecule has 1 atom stereocenters. The van der Waals surface area contributed by atoms with Gasteiger partial charge in [0.25, 0.3) is 0 Å². The summed E-state index contributed by atoms with van der Waals surface area (Å²) in [6.45, 7) is 4.13. The van der Waals surface area contributed by atoms with Crippen molar-refractivity contribution >= 4 is 0 Å². The Morgan fingerprint density at radius 1 is 1.62 bits per heavy atom. The first-order valence-corrected chi connectivity index (χ1v) is 2.79. The standard InChI is InChI=1S/C6H13NO/c1-5(2)6(4-8)7-3/h5-6,8H,3-4H2,1-2H3/q-1/t6-/m0/s1. The Morgan fingerprint density at radius 2 is 2.12 bits per heavy atom. The first-order valence-electron chi connectivity index (χ1n) is 2.79. The van der Waals surface area contributed by atoms with E-state index in [1.165, 1.54) is 0 Å². The van der Waals surface area contributed by atoms with Crippen molar-refractivity contribution in [1.82, 2.24) is 5.32 Å². The Labute approximate surface area is 50.9 Å². The van der Waals surface area contributed by atoms with Gasteiger partial charge in [-0.15, -0.1) is 0 Å². The molecular weight excluding hydrogens is 102 g/mol. The second-order valence-corrected chi connectivity index (χ2v) is 2.18. The van der Waals surface area contributed by atoms with Crippen LogP contribution in [-0.2, 0) is 0 Å². The molecule has 0 saturated heterocycles. The average Bonchev–Trinajstić information content (AvgIpc) is 1.69. The number of aliphatic hydroxyl groups excluding tert-OH is 1. The maximum absolute atomic E-state index is 8.56. The van der Waals surface area contributed by atoms with E-state index in [1.807, 2.05) is 13.8 Å². The van der Waals surface area contributed by atoms with E-state index in [0.29, 0.717) is 5.92 Å². The van der Waals surface area contributed by atoms with Gasteiger partial charge in [-0.05, 0) is 5.92 Å². The van der Waals surface area contributed by atoms with Crippen LogP contribution in [0.25, 0.3) is 0 Å². The van der Waals surface area contributed by atoms with Crippen LogP contribution in [0.5, 0.6) is 0 Å². The molecule has 0 aromatic heterocycles. The molecule has 0 rings (SSSR count). The molecule has 0 aromatic rings. The zero-order valence-electron chi connectivity index (χ0n) is 5.46. The van der Waals surface area contributed by atoms with Crippen molar-refractivity contribution in [2.75, 3.05) is 6.61 Å². The van der Waals surface area contributed by atoms with Gasteiger partial charge >= 0.3 is 0 Å². The number of rotatable bonds is 3. The number of aliphatic hydroxyl groups is 1. The van der Waals surface area contributed by atoms with Gasteiger partial charge in [0.2, 0.25) is 0 Å². The van der Waals surface area contributed by atoms with E-state index < -0.39 is 0 Å². The fourth-order valence-corrected chi connectivity index (χ4v) is 0.479. The van der Waals surface area contributed by atoms with Crippen LogP contribution in [0.2, 0.25) is 0 Å². The third-order valence-electron chi connectivity index (χ3n) is 1.19. The molecule has 0 unspecified atom stereocenters. The smallest absolute Gasteiger partial charge is 0.0575 e. The Balaban J connectivity index is 3.35. The predicted molar refractivity (Wildman–Crippen MR) is 33.2 cm³/mol. The molecule has 8 heavy (non-hydrogen) atoms. The summed E-state index contributed by atoms with van der Waals surface area (Å²) in [6.07, 6.45) is 0. The maximum Gasteiger partial charge on any atom is 0.0575 e. The normalized spacial score (nSPS) is 14.6. The van der Waals surface area contributed by atoms with E-state index in [4.69, 9.17) is 5.11 Å². The van der Waals surface area contributed by atoms with Crippen molar-refractivity contribution in [2.24, 2.45) is 5.92 Å². The maximum atomic E-state index is 8.56. The van der Waals surface area contributed by atoms with E-state index in [9.17, 15) is 0 Å². The van der Waals surface area contributed by atoms with Gasteiger partial charge in [0.1, 0.15) is 0 Å². The topological polar surface area (TPSA) is 34.3 Å². The van der Waals surface area contributed by atoms with E-state index >= 15 is 0 Å². The van der Waals surface area contributed by atoms with Gasteiger partial charge in [0.15, 0.2) is 0 Å². The Bertz CT molecular complexity index is 50.5. The summed E-state index contributed by atoms with van der Waals surface area (Å²) < 4.78 is 0. The van der Waals surface area contributed by atoms with Crippen molar-refractivity contribution in [3.63, 3.8) is 0 Å². The van der Waals surface area contributed by atoms with Crippen LogP contribution >= 0.6 is 0 Å². The van der Waals surface area contributed by atoms with Crippen LogP contribution in [0, 0.1) is 13.0 Å². The first kappa shape index (κ1) is 7.92. The summed E-state index contributed by atoms with van der Waals surface area (Å²) >= 11 is 0. The fraction of sp³-hybridized carbons (Fsp3) is 0.833. The van der Waals surface area contributed by atoms with Gasteiger partial charge in [0, 0.05) is 6.04 Å². The van der Waals surface area contributed by atoms with Crippen molar-refractivity contribution in [2.45, 2.75) is 19.9 Å². The third kappa shape index (κ3) is 2.28. The first-order chi connectivity index (χ1) is 3.72. The molecular formula is C6H13NO-. The third-order valence-corrected chi connectivity index (χ3v) is 1.19. The van der Waals surface area contributed by atoms with Gasteiger partial charge in [-0.25, -0.2) is 0 Å². The predicted octanol–water partition coefficient (Wildman–Crippen LogP) is 0.399. The molecule has 0 saturated carbocycles.